The monoisotopic (exact) mass is 294 g/mol. The third-order valence-electron chi connectivity index (χ3n) is 3.18. The summed E-state index contributed by atoms with van der Waals surface area (Å²) in [5.74, 6) is 0.0914. The van der Waals surface area contributed by atoms with Crippen molar-refractivity contribution in [2.24, 2.45) is 0 Å². The highest BCUT2D eigenvalue weighted by atomic mass is 32.1. The molecule has 7 nitrogen and oxygen atoms in total. The fraction of sp³-hybridized carbons (Fsp3) is 0.417. The van der Waals surface area contributed by atoms with Crippen molar-refractivity contribution >= 4 is 17.3 Å². The molecule has 20 heavy (non-hydrogen) atoms. The van der Waals surface area contributed by atoms with Gasteiger partial charge in [-0.3, -0.25) is 9.69 Å². The van der Waals surface area contributed by atoms with E-state index >= 15 is 0 Å². The van der Waals surface area contributed by atoms with Gasteiger partial charge < -0.3 is 14.8 Å². The quantitative estimate of drug-likeness (QED) is 0.855. The van der Waals surface area contributed by atoms with Crippen molar-refractivity contribution in [1.29, 1.82) is 0 Å². The summed E-state index contributed by atoms with van der Waals surface area (Å²) in [4.78, 5) is 14.0. The number of thiophene rings is 1. The summed E-state index contributed by atoms with van der Waals surface area (Å²) in [6.07, 6.45) is 0. The van der Waals surface area contributed by atoms with Gasteiger partial charge >= 0.3 is 5.97 Å². The number of nitrogens with zero attached hydrogens (tertiary/aromatic N) is 3. The maximum atomic E-state index is 11.2. The van der Waals surface area contributed by atoms with Crippen LogP contribution in [0.15, 0.2) is 21.9 Å². The molecule has 0 aromatic carbocycles. The van der Waals surface area contributed by atoms with Crippen LogP contribution in [0.1, 0.15) is 5.89 Å². The average molecular weight is 294 g/mol. The first-order chi connectivity index (χ1) is 9.74. The van der Waals surface area contributed by atoms with Gasteiger partial charge in [-0.1, -0.05) is 6.07 Å². The second-order valence-electron chi connectivity index (χ2n) is 4.51. The molecule has 1 unspecified atom stereocenters. The lowest BCUT2D eigenvalue weighted by molar-refractivity contribution is -0.144. The second-order valence-corrected chi connectivity index (χ2v) is 5.45. The Bertz CT molecular complexity index is 583. The Morgan fingerprint density at radius 1 is 1.60 bits per heavy atom. The summed E-state index contributed by atoms with van der Waals surface area (Å²) in [5.41, 5.74) is 0. The first-order valence-electron chi connectivity index (χ1n) is 6.28. The standard InChI is InChI=1S/C12H14N4O3S/c17-12(18)8-6-13-3-4-16(8)7-10-14-15-11(19-10)9-2-1-5-20-9/h1-2,5,8,13H,3-4,6-7H2,(H,17,18). The van der Waals surface area contributed by atoms with Gasteiger partial charge in [-0.05, 0) is 11.4 Å². The summed E-state index contributed by atoms with van der Waals surface area (Å²) >= 11 is 1.53. The van der Waals surface area contributed by atoms with Crippen molar-refractivity contribution in [3.05, 3.63) is 23.4 Å². The van der Waals surface area contributed by atoms with Crippen molar-refractivity contribution < 1.29 is 14.3 Å². The van der Waals surface area contributed by atoms with Crippen LogP contribution in [0.3, 0.4) is 0 Å². The SMILES string of the molecule is O=C(O)C1CNCCN1Cc1nnc(-c2cccs2)o1. The van der Waals surface area contributed by atoms with Crippen molar-refractivity contribution in [3.8, 4) is 10.8 Å². The smallest absolute Gasteiger partial charge is 0.322 e. The van der Waals surface area contributed by atoms with E-state index in [0.29, 0.717) is 31.4 Å². The molecule has 0 aliphatic carbocycles. The maximum Gasteiger partial charge on any atom is 0.322 e. The molecule has 1 aliphatic heterocycles. The molecular formula is C12H14N4O3S. The van der Waals surface area contributed by atoms with E-state index < -0.39 is 12.0 Å². The number of carboxylic acid groups (broad SMARTS) is 1. The molecule has 0 radical (unpaired) electrons. The molecule has 106 valence electrons. The highest BCUT2D eigenvalue weighted by Gasteiger charge is 2.29. The van der Waals surface area contributed by atoms with E-state index in [1.165, 1.54) is 11.3 Å². The molecule has 0 bridgehead atoms. The predicted molar refractivity (Wildman–Crippen MR) is 72.3 cm³/mol. The lowest BCUT2D eigenvalue weighted by atomic mass is 10.2. The third kappa shape index (κ3) is 2.72. The van der Waals surface area contributed by atoms with Crippen LogP contribution >= 0.6 is 11.3 Å². The van der Waals surface area contributed by atoms with Crippen LogP contribution in [-0.4, -0.2) is 51.8 Å². The molecule has 1 saturated heterocycles. The van der Waals surface area contributed by atoms with Crippen molar-refractivity contribution in [2.75, 3.05) is 19.6 Å². The number of carboxylic acids is 1. The van der Waals surface area contributed by atoms with Crippen LogP contribution in [0.5, 0.6) is 0 Å². The topological polar surface area (TPSA) is 91.5 Å². The first kappa shape index (κ1) is 13.2. The van der Waals surface area contributed by atoms with Gasteiger partial charge in [0.25, 0.3) is 5.89 Å². The second kappa shape index (κ2) is 5.70. The highest BCUT2D eigenvalue weighted by Crippen LogP contribution is 2.23. The van der Waals surface area contributed by atoms with Crippen LogP contribution in [0.25, 0.3) is 10.8 Å². The number of piperazine rings is 1. The van der Waals surface area contributed by atoms with Crippen LogP contribution in [-0.2, 0) is 11.3 Å². The van der Waals surface area contributed by atoms with Crippen LogP contribution in [0.2, 0.25) is 0 Å². The molecule has 1 atom stereocenters. The van der Waals surface area contributed by atoms with E-state index in [4.69, 9.17) is 4.42 Å². The largest absolute Gasteiger partial charge is 0.480 e. The lowest BCUT2D eigenvalue weighted by Gasteiger charge is -2.32. The molecule has 8 heteroatoms. The zero-order valence-corrected chi connectivity index (χ0v) is 11.5. The fourth-order valence-electron chi connectivity index (χ4n) is 2.17. The summed E-state index contributed by atoms with van der Waals surface area (Å²) in [6, 6.07) is 3.27. The number of hydrogen-bond acceptors (Lipinski definition) is 7. The Balaban J connectivity index is 1.72. The van der Waals surface area contributed by atoms with Crippen molar-refractivity contribution in [1.82, 2.24) is 20.4 Å². The lowest BCUT2D eigenvalue weighted by Crippen LogP contribution is -2.54. The molecule has 3 rings (SSSR count). The van der Waals surface area contributed by atoms with Crippen LogP contribution in [0.4, 0.5) is 0 Å². The van der Waals surface area contributed by atoms with E-state index in [1.54, 1.807) is 0 Å². The van der Waals surface area contributed by atoms with Gasteiger partial charge in [0.2, 0.25) is 5.89 Å². The minimum Gasteiger partial charge on any atom is -0.480 e. The van der Waals surface area contributed by atoms with Gasteiger partial charge in [-0.15, -0.1) is 21.5 Å². The molecule has 2 aromatic rings. The van der Waals surface area contributed by atoms with E-state index in [1.807, 2.05) is 22.4 Å². The Kier molecular flexibility index (Phi) is 3.77. The van der Waals surface area contributed by atoms with Gasteiger partial charge in [0.1, 0.15) is 6.04 Å². The number of nitrogens with one attached hydrogen (secondary N) is 1. The summed E-state index contributed by atoms with van der Waals surface area (Å²) in [7, 11) is 0. The van der Waals surface area contributed by atoms with Gasteiger partial charge in [0, 0.05) is 19.6 Å². The van der Waals surface area contributed by atoms with Gasteiger partial charge in [-0.25, -0.2) is 0 Å². The summed E-state index contributed by atoms with van der Waals surface area (Å²) in [5, 5.41) is 22.2. The summed E-state index contributed by atoms with van der Waals surface area (Å²) in [6.45, 7) is 2.20. The maximum absolute atomic E-state index is 11.2. The third-order valence-corrected chi connectivity index (χ3v) is 4.03. The Morgan fingerprint density at radius 3 is 3.25 bits per heavy atom. The molecule has 3 heterocycles. The van der Waals surface area contributed by atoms with Crippen LogP contribution in [0, 0.1) is 0 Å². The zero-order valence-electron chi connectivity index (χ0n) is 10.7. The van der Waals surface area contributed by atoms with Gasteiger partial charge in [0.15, 0.2) is 0 Å². The van der Waals surface area contributed by atoms with E-state index in [-0.39, 0.29) is 0 Å². The predicted octanol–water partition coefficient (Wildman–Crippen LogP) is 0.657. The summed E-state index contributed by atoms with van der Waals surface area (Å²) < 4.78 is 5.59. The molecule has 0 amide bonds. The first-order valence-corrected chi connectivity index (χ1v) is 7.16. The Hall–Kier alpha value is -1.77. The number of hydrogen-bond donors (Lipinski definition) is 2. The molecule has 1 aliphatic rings. The molecule has 1 fully saturated rings. The molecule has 0 saturated carbocycles. The minimum absolute atomic E-state index is 0.358. The number of aliphatic carboxylic acids is 1. The van der Waals surface area contributed by atoms with Gasteiger partial charge in [-0.2, -0.15) is 0 Å². The van der Waals surface area contributed by atoms with Crippen LogP contribution < -0.4 is 5.32 Å². The van der Waals surface area contributed by atoms with E-state index in [2.05, 4.69) is 15.5 Å². The van der Waals surface area contributed by atoms with Crippen molar-refractivity contribution in [3.63, 3.8) is 0 Å². The number of rotatable bonds is 4. The number of carbonyl (C=O) groups is 1. The fourth-order valence-corrected chi connectivity index (χ4v) is 2.81. The van der Waals surface area contributed by atoms with E-state index in [0.717, 1.165) is 11.4 Å². The van der Waals surface area contributed by atoms with Crippen molar-refractivity contribution in [2.45, 2.75) is 12.6 Å². The Labute approximate surface area is 119 Å². The van der Waals surface area contributed by atoms with Gasteiger partial charge in [0.05, 0.1) is 11.4 Å². The number of aromatic nitrogens is 2. The minimum atomic E-state index is -0.838. The molecule has 0 spiro atoms. The van der Waals surface area contributed by atoms with E-state index in [9.17, 15) is 9.90 Å². The Morgan fingerprint density at radius 2 is 2.50 bits per heavy atom. The molecule has 2 aromatic heterocycles. The molecular weight excluding hydrogens is 280 g/mol. The molecule has 2 N–H and O–H groups in total. The normalized spacial score (nSPS) is 20.1. The zero-order chi connectivity index (χ0) is 13.9. The highest BCUT2D eigenvalue weighted by molar-refractivity contribution is 7.13. The average Bonchev–Trinajstić information content (AvgIpc) is 3.09.